The normalized spacial score (nSPS) is 25.9. The number of alkyl halides is 1. The van der Waals surface area contributed by atoms with Gasteiger partial charge in [0.1, 0.15) is 6.67 Å². The zero-order valence-electron chi connectivity index (χ0n) is 17.9. The van der Waals surface area contributed by atoms with Gasteiger partial charge in [-0.3, -0.25) is 14.4 Å². The van der Waals surface area contributed by atoms with Crippen LogP contribution in [-0.2, 0) is 24.9 Å². The molecule has 0 spiro atoms. The van der Waals surface area contributed by atoms with E-state index in [1.165, 1.54) is 0 Å². The standard InChI is InChI=1S/C22H27FN4O4S/c23-7-9-25-8-3-4-16(14-25)27-21-17-5-1-2-6-19(17)32(29,30)15-18(21)20(24-27)22(28)26-10-12-31-13-11-26/h1-2,5-6,16H,3-4,7-15H2/p+1. The SMILES string of the molecule is O=C(c1nn(C2CCCN(CCF)C2)c2c1C[S+](=O)(O)c1ccccc1-2)N1CCOCC1. The van der Waals surface area contributed by atoms with Gasteiger partial charge in [0, 0.05) is 26.2 Å². The second kappa shape index (κ2) is 8.66. The molecular formula is C22H28FN4O4S+. The van der Waals surface area contributed by atoms with Crippen LogP contribution in [0.15, 0.2) is 29.2 Å². The highest BCUT2D eigenvalue weighted by atomic mass is 32.3. The lowest BCUT2D eigenvalue weighted by Gasteiger charge is -2.33. The van der Waals surface area contributed by atoms with Gasteiger partial charge in [0.05, 0.1) is 36.1 Å². The van der Waals surface area contributed by atoms with Crippen molar-refractivity contribution in [2.45, 2.75) is 29.5 Å². The minimum atomic E-state index is -3.34. The molecule has 5 rings (SSSR count). The van der Waals surface area contributed by atoms with E-state index < -0.39 is 16.9 Å². The van der Waals surface area contributed by atoms with Gasteiger partial charge in [0.15, 0.2) is 16.3 Å². The maximum Gasteiger partial charge on any atom is 0.275 e. The largest absolute Gasteiger partial charge is 0.378 e. The fraction of sp³-hybridized carbons (Fsp3) is 0.545. The lowest BCUT2D eigenvalue weighted by molar-refractivity contribution is 0.0297. The Labute approximate surface area is 187 Å². The molecule has 1 aromatic heterocycles. The second-order valence-corrected chi connectivity index (χ2v) is 10.6. The average Bonchev–Trinajstić information content (AvgIpc) is 3.18. The Morgan fingerprint density at radius 2 is 2.03 bits per heavy atom. The van der Waals surface area contributed by atoms with Gasteiger partial charge < -0.3 is 9.64 Å². The van der Waals surface area contributed by atoms with Crippen molar-refractivity contribution in [2.75, 3.05) is 52.6 Å². The van der Waals surface area contributed by atoms with Gasteiger partial charge in [-0.25, -0.2) is 4.39 Å². The number of carbonyl (C=O) groups is 1. The molecule has 4 heterocycles. The topological polar surface area (TPSA) is 87.9 Å². The van der Waals surface area contributed by atoms with E-state index in [2.05, 4.69) is 4.90 Å². The Morgan fingerprint density at radius 1 is 1.25 bits per heavy atom. The smallest absolute Gasteiger partial charge is 0.275 e. The molecule has 0 bridgehead atoms. The lowest BCUT2D eigenvalue weighted by atomic mass is 10.0. The molecule has 1 amide bonds. The fourth-order valence-corrected chi connectivity index (χ4v) is 6.63. The summed E-state index contributed by atoms with van der Waals surface area (Å²) in [7, 11) is -3.34. The molecule has 2 fully saturated rings. The third kappa shape index (κ3) is 3.79. The van der Waals surface area contributed by atoms with E-state index >= 15 is 0 Å². The summed E-state index contributed by atoms with van der Waals surface area (Å²) in [6.45, 7) is 3.33. The first-order valence-electron chi connectivity index (χ1n) is 11.1. The number of benzene rings is 1. The van der Waals surface area contributed by atoms with Gasteiger partial charge in [-0.05, 0) is 31.5 Å². The van der Waals surface area contributed by atoms with Crippen LogP contribution < -0.4 is 0 Å². The minimum absolute atomic E-state index is 0.0313. The highest BCUT2D eigenvalue weighted by molar-refractivity contribution is 7.97. The van der Waals surface area contributed by atoms with Crippen LogP contribution in [0.25, 0.3) is 11.3 Å². The number of rotatable bonds is 4. The molecule has 0 saturated carbocycles. The number of morpholine rings is 1. The number of hydrogen-bond acceptors (Lipinski definition) is 5. The van der Waals surface area contributed by atoms with Crippen molar-refractivity contribution in [2.24, 2.45) is 0 Å². The molecule has 1 aromatic carbocycles. The van der Waals surface area contributed by atoms with Crippen LogP contribution in [0.5, 0.6) is 0 Å². The van der Waals surface area contributed by atoms with E-state index in [-0.39, 0.29) is 23.4 Å². The lowest BCUT2D eigenvalue weighted by Crippen LogP contribution is -2.41. The first-order valence-corrected chi connectivity index (χ1v) is 12.8. The van der Waals surface area contributed by atoms with Gasteiger partial charge in [-0.1, -0.05) is 16.3 Å². The number of aromatic nitrogens is 2. The van der Waals surface area contributed by atoms with Crippen LogP contribution in [0.2, 0.25) is 0 Å². The number of amides is 1. The van der Waals surface area contributed by atoms with Gasteiger partial charge >= 0.3 is 0 Å². The average molecular weight is 464 g/mol. The molecule has 2 saturated heterocycles. The maximum absolute atomic E-state index is 13.4. The van der Waals surface area contributed by atoms with Crippen molar-refractivity contribution in [1.29, 1.82) is 0 Å². The van der Waals surface area contributed by atoms with E-state index in [0.717, 1.165) is 25.1 Å². The molecule has 32 heavy (non-hydrogen) atoms. The zero-order valence-corrected chi connectivity index (χ0v) is 18.7. The molecule has 0 aliphatic carbocycles. The van der Waals surface area contributed by atoms with Crippen LogP contribution in [0.1, 0.15) is 34.9 Å². The summed E-state index contributed by atoms with van der Waals surface area (Å²) >= 11 is 0. The number of nitrogens with zero attached hydrogens (tertiary/aromatic N) is 4. The fourth-order valence-electron chi connectivity index (χ4n) is 5.01. The predicted molar refractivity (Wildman–Crippen MR) is 118 cm³/mol. The summed E-state index contributed by atoms with van der Waals surface area (Å²) in [4.78, 5) is 17.6. The van der Waals surface area contributed by atoms with Gasteiger partial charge in [-0.15, -0.1) is 0 Å². The number of carbonyl (C=O) groups excluding carboxylic acids is 1. The molecule has 0 radical (unpaired) electrons. The third-order valence-corrected chi connectivity index (χ3v) is 8.29. The van der Waals surface area contributed by atoms with E-state index in [9.17, 15) is 17.9 Å². The quantitative estimate of drug-likeness (QED) is 0.701. The van der Waals surface area contributed by atoms with E-state index in [0.29, 0.717) is 55.4 Å². The summed E-state index contributed by atoms with van der Waals surface area (Å²) in [6.07, 6.45) is 1.77. The molecule has 3 aliphatic heterocycles. The van der Waals surface area contributed by atoms with Crippen molar-refractivity contribution >= 4 is 16.1 Å². The summed E-state index contributed by atoms with van der Waals surface area (Å²) in [6, 6.07) is 7.06. The number of fused-ring (bicyclic) bond motifs is 3. The van der Waals surface area contributed by atoms with Crippen LogP contribution >= 0.6 is 0 Å². The Hall–Kier alpha value is -2.14. The van der Waals surface area contributed by atoms with Crippen molar-refractivity contribution in [3.05, 3.63) is 35.5 Å². The molecule has 2 unspecified atom stereocenters. The summed E-state index contributed by atoms with van der Waals surface area (Å²) in [5.41, 5.74) is 2.19. The molecule has 3 aliphatic rings. The van der Waals surface area contributed by atoms with Gasteiger partial charge in [-0.2, -0.15) is 9.65 Å². The highest BCUT2D eigenvalue weighted by Crippen LogP contribution is 2.43. The minimum Gasteiger partial charge on any atom is -0.378 e. The van der Waals surface area contributed by atoms with E-state index in [1.54, 1.807) is 17.0 Å². The Kier molecular flexibility index (Phi) is 5.87. The summed E-state index contributed by atoms with van der Waals surface area (Å²) in [5.74, 6) is -0.361. The van der Waals surface area contributed by atoms with Gasteiger partial charge in [0.25, 0.3) is 16.1 Å². The number of hydrogen-bond donors (Lipinski definition) is 1. The first-order chi connectivity index (χ1) is 15.5. The highest BCUT2D eigenvalue weighted by Gasteiger charge is 2.45. The zero-order chi connectivity index (χ0) is 22.3. The molecule has 2 atom stereocenters. The van der Waals surface area contributed by atoms with E-state index in [1.807, 2.05) is 16.8 Å². The van der Waals surface area contributed by atoms with Crippen molar-refractivity contribution in [3.8, 4) is 11.3 Å². The Balaban J connectivity index is 1.63. The molecular weight excluding hydrogens is 435 g/mol. The van der Waals surface area contributed by atoms with Crippen molar-refractivity contribution in [3.63, 3.8) is 0 Å². The summed E-state index contributed by atoms with van der Waals surface area (Å²) < 4.78 is 44.2. The number of piperidine rings is 1. The summed E-state index contributed by atoms with van der Waals surface area (Å²) in [5, 5.41) is 4.78. The molecule has 1 N–H and O–H groups in total. The Bertz CT molecular complexity index is 1070. The maximum atomic E-state index is 13.4. The third-order valence-electron chi connectivity index (χ3n) is 6.56. The molecule has 2 aromatic rings. The first kappa shape index (κ1) is 21.7. The predicted octanol–water partition coefficient (Wildman–Crippen LogP) is 2.47. The molecule has 10 heteroatoms. The number of halogens is 1. The van der Waals surface area contributed by atoms with Gasteiger partial charge in [0.2, 0.25) is 0 Å². The van der Waals surface area contributed by atoms with Crippen LogP contribution in [-0.4, -0.2) is 82.7 Å². The van der Waals surface area contributed by atoms with Crippen molar-refractivity contribution in [1.82, 2.24) is 19.6 Å². The number of ether oxygens (including phenoxy) is 1. The Morgan fingerprint density at radius 3 is 2.81 bits per heavy atom. The van der Waals surface area contributed by atoms with Crippen LogP contribution in [0, 0.1) is 0 Å². The van der Waals surface area contributed by atoms with Crippen LogP contribution in [0.4, 0.5) is 4.39 Å². The van der Waals surface area contributed by atoms with Crippen LogP contribution in [0.3, 0.4) is 0 Å². The van der Waals surface area contributed by atoms with Crippen molar-refractivity contribution < 1.29 is 22.7 Å². The second-order valence-electron chi connectivity index (χ2n) is 8.59. The number of likely N-dealkylation sites (tertiary alicyclic amines) is 1. The molecule has 172 valence electrons. The van der Waals surface area contributed by atoms with E-state index in [4.69, 9.17) is 9.84 Å². The monoisotopic (exact) mass is 463 g/mol. The molecule has 8 nitrogen and oxygen atoms in total.